The van der Waals surface area contributed by atoms with Crippen LogP contribution in [0.2, 0.25) is 0 Å². The molecular weight excluding hydrogens is 512 g/mol. The monoisotopic (exact) mass is 540 g/mol. The largest absolute Gasteiger partial charge is 0.449 e. The van der Waals surface area contributed by atoms with E-state index in [1.54, 1.807) is 19.1 Å². The molecule has 0 aliphatic carbocycles. The molecule has 0 saturated carbocycles. The van der Waals surface area contributed by atoms with Crippen molar-refractivity contribution >= 4 is 27.1 Å². The van der Waals surface area contributed by atoms with Crippen LogP contribution in [0.25, 0.3) is 39.2 Å². The molecule has 0 aliphatic rings. The first-order chi connectivity index (χ1) is 18.7. The number of amides is 1. The Balaban J connectivity index is 1.63. The summed E-state index contributed by atoms with van der Waals surface area (Å²) in [5.74, 6) is 0.784. The minimum absolute atomic E-state index is 0.00992. The molecule has 0 unspecified atom stereocenters. The zero-order valence-corrected chi connectivity index (χ0v) is 22.9. The minimum Gasteiger partial charge on any atom is -0.449 e. The molecule has 5 rings (SSSR count). The van der Waals surface area contributed by atoms with E-state index in [0.717, 1.165) is 45.1 Å². The number of sulfonamides is 1. The van der Waals surface area contributed by atoms with Crippen molar-refractivity contribution in [3.63, 3.8) is 0 Å². The molecule has 1 N–H and O–H groups in total. The number of imidazole rings is 1. The Morgan fingerprint density at radius 3 is 2.31 bits per heavy atom. The van der Waals surface area contributed by atoms with Crippen LogP contribution in [0, 0.1) is 20.8 Å². The summed E-state index contributed by atoms with van der Waals surface area (Å²) in [6.07, 6.45) is -1.01. The number of rotatable bonds is 6. The average molecular weight is 541 g/mol. The van der Waals surface area contributed by atoms with E-state index in [2.05, 4.69) is 9.55 Å². The first-order valence-corrected chi connectivity index (χ1v) is 14.0. The predicted molar refractivity (Wildman–Crippen MR) is 151 cm³/mol. The summed E-state index contributed by atoms with van der Waals surface area (Å²) in [7, 11) is -4.16. The molecule has 0 atom stereocenters. The van der Waals surface area contributed by atoms with E-state index in [1.807, 2.05) is 86.2 Å². The Hall–Kier alpha value is -4.50. The van der Waals surface area contributed by atoms with Crippen LogP contribution < -0.4 is 4.72 Å². The fourth-order valence-electron chi connectivity index (χ4n) is 4.64. The zero-order valence-electron chi connectivity index (χ0n) is 22.1. The molecule has 0 saturated heterocycles. The second kappa shape index (κ2) is 10.3. The van der Waals surface area contributed by atoms with E-state index >= 15 is 0 Å². The van der Waals surface area contributed by atoms with Crippen LogP contribution >= 0.6 is 0 Å². The molecule has 8 nitrogen and oxygen atoms in total. The lowest BCUT2D eigenvalue weighted by molar-refractivity contribution is 0.158. The average Bonchev–Trinajstić information content (AvgIpc) is 3.28. The third-order valence-corrected chi connectivity index (χ3v) is 7.70. The number of aromatic nitrogens is 3. The first-order valence-electron chi connectivity index (χ1n) is 12.5. The van der Waals surface area contributed by atoms with Crippen LogP contribution in [0.4, 0.5) is 4.79 Å². The maximum absolute atomic E-state index is 13.1. The van der Waals surface area contributed by atoms with E-state index in [-0.39, 0.29) is 11.5 Å². The highest BCUT2D eigenvalue weighted by Gasteiger charge is 2.23. The van der Waals surface area contributed by atoms with Gasteiger partial charge in [-0.25, -0.2) is 22.9 Å². The lowest BCUT2D eigenvalue weighted by atomic mass is 10.0. The van der Waals surface area contributed by atoms with Gasteiger partial charge in [0.25, 0.3) is 10.0 Å². The minimum atomic E-state index is -4.16. The lowest BCUT2D eigenvalue weighted by Gasteiger charge is -2.14. The van der Waals surface area contributed by atoms with Crippen molar-refractivity contribution in [2.24, 2.45) is 0 Å². The van der Waals surface area contributed by atoms with Gasteiger partial charge < -0.3 is 4.74 Å². The van der Waals surface area contributed by atoms with Crippen molar-refractivity contribution in [2.45, 2.75) is 32.6 Å². The third-order valence-electron chi connectivity index (χ3n) is 6.33. The number of benzene rings is 3. The van der Waals surface area contributed by atoms with Crippen LogP contribution in [-0.4, -0.2) is 35.7 Å². The quantitative estimate of drug-likeness (QED) is 0.279. The Morgan fingerprint density at radius 1 is 0.897 bits per heavy atom. The van der Waals surface area contributed by atoms with Gasteiger partial charge in [0.05, 0.1) is 22.7 Å². The van der Waals surface area contributed by atoms with Crippen LogP contribution in [0.1, 0.15) is 23.9 Å². The topological polar surface area (TPSA) is 103 Å². The summed E-state index contributed by atoms with van der Waals surface area (Å²) in [6.45, 7) is 7.46. The number of carbonyl (C=O) groups excluding carboxylic acids is 1. The summed E-state index contributed by atoms with van der Waals surface area (Å²) in [5, 5.41) is 0. The summed E-state index contributed by atoms with van der Waals surface area (Å²) in [4.78, 5) is 21.4. The number of nitrogens with zero attached hydrogens (tertiary/aromatic N) is 3. The first kappa shape index (κ1) is 26.1. The van der Waals surface area contributed by atoms with Crippen molar-refractivity contribution in [3.05, 3.63) is 95.8 Å². The van der Waals surface area contributed by atoms with Crippen LogP contribution in [0.5, 0.6) is 0 Å². The Labute approximate surface area is 227 Å². The summed E-state index contributed by atoms with van der Waals surface area (Å²) >= 11 is 0. The number of hydrogen-bond acceptors (Lipinski definition) is 6. The van der Waals surface area contributed by atoms with E-state index in [4.69, 9.17) is 9.72 Å². The van der Waals surface area contributed by atoms with Gasteiger partial charge in [-0.05, 0) is 57.5 Å². The number of fused-ring (bicyclic) bond motifs is 1. The fraction of sp³-hybridized carbons (Fsp3) is 0.167. The van der Waals surface area contributed by atoms with Gasteiger partial charge in [-0.1, -0.05) is 60.2 Å². The number of aryl methyl sites for hydroxylation is 3. The molecule has 0 bridgehead atoms. The van der Waals surface area contributed by atoms with E-state index in [0.29, 0.717) is 11.1 Å². The number of carbonyl (C=O) groups is 1. The van der Waals surface area contributed by atoms with Gasteiger partial charge in [0, 0.05) is 22.5 Å². The molecule has 0 radical (unpaired) electrons. The smallest absolute Gasteiger partial charge is 0.421 e. The van der Waals surface area contributed by atoms with Crippen molar-refractivity contribution in [2.75, 3.05) is 6.61 Å². The van der Waals surface area contributed by atoms with Crippen molar-refractivity contribution < 1.29 is 17.9 Å². The number of ether oxygens (including phenoxy) is 1. The summed E-state index contributed by atoms with van der Waals surface area (Å²) < 4.78 is 35.0. The third kappa shape index (κ3) is 5.13. The van der Waals surface area contributed by atoms with Crippen LogP contribution in [0.3, 0.4) is 0 Å². The second-order valence-corrected chi connectivity index (χ2v) is 10.9. The number of nitrogens with one attached hydrogen (secondary N) is 1. The molecule has 2 aromatic heterocycles. The summed E-state index contributed by atoms with van der Waals surface area (Å²) in [5.41, 5.74) is 7.37. The Morgan fingerprint density at radius 2 is 1.62 bits per heavy atom. The SMILES string of the molecule is CCOC(=O)NS(=O)(=O)c1ccc(C)cc1-c1ccc(-n2c(-c3ccccc3)nc3c(C)nc(C)cc32)cc1. The molecule has 3 aromatic carbocycles. The Kier molecular flexibility index (Phi) is 6.93. The van der Waals surface area contributed by atoms with Crippen LogP contribution in [-0.2, 0) is 14.8 Å². The van der Waals surface area contributed by atoms with Gasteiger partial charge in [-0.15, -0.1) is 0 Å². The molecule has 0 fully saturated rings. The lowest BCUT2D eigenvalue weighted by Crippen LogP contribution is -2.31. The zero-order chi connectivity index (χ0) is 27.7. The predicted octanol–water partition coefficient (Wildman–Crippen LogP) is 6.11. The molecule has 9 heteroatoms. The standard InChI is InChI=1S/C30H28N4O4S/c1-5-38-30(35)33-39(36,37)27-16-11-19(2)17-25(27)22-12-14-24(15-13-22)34-26-18-20(3)31-21(4)28(26)32-29(34)23-9-7-6-8-10-23/h6-18H,5H2,1-4H3,(H,33,35). The molecule has 0 aliphatic heterocycles. The van der Waals surface area contributed by atoms with Crippen LogP contribution in [0.15, 0.2) is 83.8 Å². The highest BCUT2D eigenvalue weighted by Crippen LogP contribution is 2.33. The van der Waals surface area contributed by atoms with Gasteiger partial charge >= 0.3 is 6.09 Å². The van der Waals surface area contributed by atoms with E-state index < -0.39 is 16.1 Å². The maximum atomic E-state index is 13.1. The van der Waals surface area contributed by atoms with E-state index in [9.17, 15) is 13.2 Å². The van der Waals surface area contributed by atoms with E-state index in [1.165, 1.54) is 6.07 Å². The van der Waals surface area contributed by atoms with Gasteiger partial charge in [0.1, 0.15) is 11.3 Å². The Bertz CT molecular complexity index is 1800. The van der Waals surface area contributed by atoms with Gasteiger partial charge in [-0.2, -0.15) is 0 Å². The molecule has 2 heterocycles. The second-order valence-electron chi connectivity index (χ2n) is 9.23. The number of hydrogen-bond donors (Lipinski definition) is 1. The van der Waals surface area contributed by atoms with Gasteiger partial charge in [0.2, 0.25) is 0 Å². The normalized spacial score (nSPS) is 11.5. The highest BCUT2D eigenvalue weighted by molar-refractivity contribution is 7.90. The number of pyridine rings is 1. The highest BCUT2D eigenvalue weighted by atomic mass is 32.2. The molecule has 0 spiro atoms. The van der Waals surface area contributed by atoms with Crippen molar-refractivity contribution in [3.8, 4) is 28.2 Å². The molecule has 5 aromatic rings. The molecule has 1 amide bonds. The fourth-order valence-corrected chi connectivity index (χ4v) is 5.74. The molecule has 198 valence electrons. The molecule has 39 heavy (non-hydrogen) atoms. The summed E-state index contributed by atoms with van der Waals surface area (Å²) in [6, 6.07) is 24.6. The van der Waals surface area contributed by atoms with Crippen molar-refractivity contribution in [1.29, 1.82) is 0 Å². The maximum Gasteiger partial charge on any atom is 0.421 e. The van der Waals surface area contributed by atoms with Gasteiger partial charge in [0.15, 0.2) is 0 Å². The van der Waals surface area contributed by atoms with Gasteiger partial charge in [-0.3, -0.25) is 9.55 Å². The van der Waals surface area contributed by atoms with Crippen molar-refractivity contribution in [1.82, 2.24) is 19.3 Å². The molecular formula is C30H28N4O4S.